The smallest absolute Gasteiger partial charge is 0.410 e. The lowest BCUT2D eigenvalue weighted by Crippen LogP contribution is -2.44. The van der Waals surface area contributed by atoms with Gasteiger partial charge in [0.15, 0.2) is 0 Å². The molecule has 1 amide bonds. The van der Waals surface area contributed by atoms with Crippen molar-refractivity contribution in [3.05, 3.63) is 101 Å². The van der Waals surface area contributed by atoms with Gasteiger partial charge in [0.1, 0.15) is 18.0 Å². The van der Waals surface area contributed by atoms with E-state index in [4.69, 9.17) is 19.4 Å². The van der Waals surface area contributed by atoms with Gasteiger partial charge in [0.05, 0.1) is 40.6 Å². The Hall–Kier alpha value is -5.16. The highest BCUT2D eigenvalue weighted by Crippen LogP contribution is 2.37. The van der Waals surface area contributed by atoms with Crippen LogP contribution in [0.1, 0.15) is 58.1 Å². The summed E-state index contributed by atoms with van der Waals surface area (Å²) in [7, 11) is 0. The van der Waals surface area contributed by atoms with Crippen molar-refractivity contribution in [2.24, 2.45) is 11.8 Å². The number of esters is 1. The average Bonchev–Trinajstić information content (AvgIpc) is 3.93. The molecule has 5 heterocycles. The van der Waals surface area contributed by atoms with Crippen LogP contribution in [0.15, 0.2) is 95.7 Å². The van der Waals surface area contributed by atoms with Crippen molar-refractivity contribution < 1.29 is 19.1 Å². The molecule has 280 valence electrons. The van der Waals surface area contributed by atoms with Crippen molar-refractivity contribution in [1.82, 2.24) is 24.0 Å². The molecule has 2 aliphatic rings. The fraction of sp³-hybridized carbons (Fsp3) is 0.395. The van der Waals surface area contributed by atoms with Crippen LogP contribution >= 0.6 is 11.3 Å². The molecule has 0 N–H and O–H groups in total. The van der Waals surface area contributed by atoms with E-state index in [-0.39, 0.29) is 36.5 Å². The Bertz CT molecular complexity index is 2210. The third-order valence-electron chi connectivity index (χ3n) is 10.8. The highest BCUT2D eigenvalue weighted by Gasteiger charge is 2.36. The number of thiophene rings is 1. The van der Waals surface area contributed by atoms with E-state index in [0.29, 0.717) is 25.9 Å². The van der Waals surface area contributed by atoms with Crippen molar-refractivity contribution in [1.29, 1.82) is 0 Å². The largest absolute Gasteiger partial charge is 0.463 e. The van der Waals surface area contributed by atoms with Crippen LogP contribution in [0.5, 0.6) is 0 Å². The molecule has 11 heteroatoms. The molecular formula is C43H48N6O4S. The molecule has 0 unspecified atom stereocenters. The number of hydrogen-bond acceptors (Lipinski definition) is 8. The molecule has 2 aliphatic heterocycles. The van der Waals surface area contributed by atoms with Gasteiger partial charge in [0, 0.05) is 31.7 Å². The van der Waals surface area contributed by atoms with Crippen LogP contribution in [0.4, 0.5) is 10.7 Å². The first-order chi connectivity index (χ1) is 26.2. The van der Waals surface area contributed by atoms with Crippen LogP contribution in [-0.2, 0) is 20.8 Å². The lowest BCUT2D eigenvalue weighted by Gasteiger charge is -2.38. The topological polar surface area (TPSA) is 94.7 Å². The summed E-state index contributed by atoms with van der Waals surface area (Å²) < 4.78 is 16.6. The Labute approximate surface area is 320 Å². The lowest BCUT2D eigenvalue weighted by atomic mass is 9.89. The van der Waals surface area contributed by atoms with Crippen LogP contribution in [0.2, 0.25) is 0 Å². The molecule has 0 spiro atoms. The molecule has 3 aromatic heterocycles. The molecule has 1 atom stereocenters. The van der Waals surface area contributed by atoms with Crippen LogP contribution in [0.3, 0.4) is 0 Å². The van der Waals surface area contributed by atoms with Crippen molar-refractivity contribution in [3.8, 4) is 11.4 Å². The average molecular weight is 745 g/mol. The molecule has 0 aliphatic carbocycles. The Kier molecular flexibility index (Phi) is 10.2. The highest BCUT2D eigenvalue weighted by atomic mass is 32.1. The summed E-state index contributed by atoms with van der Waals surface area (Å²) in [6, 6.07) is 28.7. The number of nitrogens with zero attached hydrogens (tertiary/aromatic N) is 6. The SMILES string of the molecule is CC(C)(C)OC(=O)N1CCC([C@@H](COC(=O)C2CCN(c3nc4ccccc4n3Cc3ccsc3)CC2)n2c(-c3ccccc3)nc3ccccc32)CC1. The first kappa shape index (κ1) is 35.8. The number of rotatable bonds is 9. The van der Waals surface area contributed by atoms with E-state index in [9.17, 15) is 9.59 Å². The first-order valence-electron chi connectivity index (χ1n) is 19.1. The monoisotopic (exact) mass is 744 g/mol. The number of imidazole rings is 2. The zero-order valence-corrected chi connectivity index (χ0v) is 32.1. The molecule has 3 aromatic carbocycles. The first-order valence-corrected chi connectivity index (χ1v) is 20.0. The molecule has 0 radical (unpaired) electrons. The van der Waals surface area contributed by atoms with Crippen LogP contribution < -0.4 is 4.90 Å². The molecule has 2 saturated heterocycles. The number of amides is 1. The maximum absolute atomic E-state index is 14.0. The standard InChI is InChI=1S/C43H48N6O4S/c1-43(2,3)53-42(51)47-24-17-31(18-25-47)38(49-37-16-10-8-14-35(37)44-39(49)32-11-5-4-6-12-32)28-52-40(50)33-19-22-46(23-20-33)41-45-34-13-7-9-15-36(34)48(41)27-30-21-26-54-29-30/h4-16,21,26,29,31,33,38H,17-20,22-25,27-28H2,1-3H3/t38-/m1/s1. The summed E-state index contributed by atoms with van der Waals surface area (Å²) in [6.45, 7) is 9.27. The maximum Gasteiger partial charge on any atom is 0.410 e. The van der Waals surface area contributed by atoms with Crippen LogP contribution in [-0.4, -0.2) is 74.5 Å². The van der Waals surface area contributed by atoms with Crippen molar-refractivity contribution >= 4 is 51.4 Å². The van der Waals surface area contributed by atoms with Gasteiger partial charge in [0.2, 0.25) is 5.95 Å². The van der Waals surface area contributed by atoms with Gasteiger partial charge in [-0.3, -0.25) is 4.79 Å². The number of benzene rings is 3. The summed E-state index contributed by atoms with van der Waals surface area (Å²) in [4.78, 5) is 41.2. The van der Waals surface area contributed by atoms with Gasteiger partial charge in [-0.15, -0.1) is 0 Å². The second-order valence-electron chi connectivity index (χ2n) is 15.5. The zero-order valence-electron chi connectivity index (χ0n) is 31.3. The van der Waals surface area contributed by atoms with Crippen molar-refractivity contribution in [2.75, 3.05) is 37.7 Å². The number of para-hydroxylation sites is 4. The Morgan fingerprint density at radius 1 is 0.815 bits per heavy atom. The van der Waals surface area contributed by atoms with Gasteiger partial charge in [-0.05, 0) is 99.0 Å². The number of aromatic nitrogens is 4. The number of carbonyl (C=O) groups is 2. The maximum atomic E-state index is 14.0. The van der Waals surface area contributed by atoms with Gasteiger partial charge >= 0.3 is 12.1 Å². The summed E-state index contributed by atoms with van der Waals surface area (Å²) in [5.74, 6) is 1.61. The fourth-order valence-electron chi connectivity index (χ4n) is 8.01. The van der Waals surface area contributed by atoms with Crippen LogP contribution in [0, 0.1) is 11.8 Å². The number of carbonyl (C=O) groups excluding carboxylic acids is 2. The number of anilines is 1. The summed E-state index contributed by atoms with van der Waals surface area (Å²) >= 11 is 1.70. The number of piperidine rings is 2. The molecule has 54 heavy (non-hydrogen) atoms. The quantitative estimate of drug-likeness (QED) is 0.137. The molecule has 0 saturated carbocycles. The zero-order chi connectivity index (χ0) is 37.2. The third-order valence-corrected chi connectivity index (χ3v) is 11.5. The fourth-order valence-corrected chi connectivity index (χ4v) is 8.67. The van der Waals surface area contributed by atoms with Crippen molar-refractivity contribution in [2.45, 2.75) is 64.6 Å². The Morgan fingerprint density at radius 2 is 1.48 bits per heavy atom. The molecular weight excluding hydrogens is 697 g/mol. The minimum Gasteiger partial charge on any atom is -0.463 e. The summed E-state index contributed by atoms with van der Waals surface area (Å²) in [5, 5.41) is 4.30. The van der Waals surface area contributed by atoms with Gasteiger partial charge in [0.25, 0.3) is 0 Å². The van der Waals surface area contributed by atoms with E-state index in [1.165, 1.54) is 5.56 Å². The minimum atomic E-state index is -0.555. The molecule has 10 nitrogen and oxygen atoms in total. The molecule has 8 rings (SSSR count). The minimum absolute atomic E-state index is 0.148. The van der Waals surface area contributed by atoms with Gasteiger partial charge < -0.3 is 28.4 Å². The molecule has 6 aromatic rings. The summed E-state index contributed by atoms with van der Waals surface area (Å²) in [6.07, 6.45) is 2.63. The second-order valence-corrected chi connectivity index (χ2v) is 16.3. The lowest BCUT2D eigenvalue weighted by molar-refractivity contribution is -0.151. The Balaban J connectivity index is 1.01. The van der Waals surface area contributed by atoms with E-state index in [1.54, 1.807) is 16.2 Å². The van der Waals surface area contributed by atoms with Gasteiger partial charge in [-0.1, -0.05) is 54.6 Å². The number of hydrogen-bond donors (Lipinski definition) is 0. The predicted molar refractivity (Wildman–Crippen MR) is 214 cm³/mol. The molecule has 0 bridgehead atoms. The van der Waals surface area contributed by atoms with Gasteiger partial charge in [-0.2, -0.15) is 11.3 Å². The highest BCUT2D eigenvalue weighted by molar-refractivity contribution is 7.07. The third kappa shape index (κ3) is 7.59. The van der Waals surface area contributed by atoms with Crippen LogP contribution in [0.25, 0.3) is 33.5 Å². The number of ether oxygens (including phenoxy) is 2. The second kappa shape index (κ2) is 15.3. The van der Waals surface area contributed by atoms with E-state index >= 15 is 0 Å². The number of fused-ring (bicyclic) bond motifs is 2. The van der Waals surface area contributed by atoms with E-state index in [1.807, 2.05) is 63.2 Å². The summed E-state index contributed by atoms with van der Waals surface area (Å²) in [5.41, 5.74) is 5.71. The Morgan fingerprint density at radius 3 is 2.17 bits per heavy atom. The van der Waals surface area contributed by atoms with E-state index in [0.717, 1.165) is 71.9 Å². The predicted octanol–water partition coefficient (Wildman–Crippen LogP) is 8.81. The normalized spacial score (nSPS) is 16.6. The van der Waals surface area contributed by atoms with E-state index in [2.05, 4.69) is 67.3 Å². The van der Waals surface area contributed by atoms with Gasteiger partial charge in [-0.25, -0.2) is 14.8 Å². The number of likely N-dealkylation sites (tertiary alicyclic amines) is 1. The molecule has 2 fully saturated rings. The van der Waals surface area contributed by atoms with Crippen molar-refractivity contribution in [3.63, 3.8) is 0 Å². The van der Waals surface area contributed by atoms with E-state index < -0.39 is 5.60 Å².